The summed E-state index contributed by atoms with van der Waals surface area (Å²) in [6.45, 7) is 3.99. The number of hydrogen-bond acceptors (Lipinski definition) is 2. The van der Waals surface area contributed by atoms with Gasteiger partial charge < -0.3 is 5.73 Å². The second kappa shape index (κ2) is 7.18. The van der Waals surface area contributed by atoms with E-state index in [0.717, 1.165) is 28.5 Å². The van der Waals surface area contributed by atoms with E-state index in [1.54, 1.807) is 12.3 Å². The van der Waals surface area contributed by atoms with E-state index in [4.69, 9.17) is 28.9 Å². The molecule has 146 valence electrons. The van der Waals surface area contributed by atoms with Crippen LogP contribution in [0.2, 0.25) is 0 Å². The lowest BCUT2D eigenvalue weighted by Crippen LogP contribution is -2.43. The van der Waals surface area contributed by atoms with Crippen molar-refractivity contribution < 1.29 is 13.2 Å². The molecule has 1 aromatic rings. The third kappa shape index (κ3) is 3.98. The second-order valence-corrected chi connectivity index (χ2v) is 9.77. The van der Waals surface area contributed by atoms with Gasteiger partial charge in [0, 0.05) is 24.4 Å². The van der Waals surface area contributed by atoms with Crippen LogP contribution in [0.15, 0.2) is 46.4 Å². The zero-order valence-electron chi connectivity index (χ0n) is 15.0. The van der Waals surface area contributed by atoms with Crippen molar-refractivity contribution in [3.63, 3.8) is 0 Å². The number of hydrogen-bond donors (Lipinski definition) is 1. The monoisotopic (exact) mass is 433 g/mol. The zero-order chi connectivity index (χ0) is 20.0. The van der Waals surface area contributed by atoms with E-state index < -0.39 is 15.8 Å². The van der Waals surface area contributed by atoms with Gasteiger partial charge in [0.15, 0.2) is 0 Å². The van der Waals surface area contributed by atoms with Gasteiger partial charge in [0.1, 0.15) is 4.75 Å². The summed E-state index contributed by atoms with van der Waals surface area (Å²) >= 11 is 13.3. The van der Waals surface area contributed by atoms with Gasteiger partial charge in [0.2, 0.25) is 0 Å². The molecule has 0 aromatic heterocycles. The summed E-state index contributed by atoms with van der Waals surface area (Å²) in [5, 5.41) is 1.94. The summed E-state index contributed by atoms with van der Waals surface area (Å²) in [6, 6.07) is 5.60. The highest BCUT2D eigenvalue weighted by Crippen LogP contribution is 2.59. The molecule has 27 heavy (non-hydrogen) atoms. The maximum atomic E-state index is 14.2. The fourth-order valence-corrected chi connectivity index (χ4v) is 5.43. The Morgan fingerprint density at radius 1 is 1.26 bits per heavy atom. The molecule has 0 amide bonds. The van der Waals surface area contributed by atoms with Gasteiger partial charge in [-0.15, -0.1) is 23.4 Å². The lowest BCUT2D eigenvalue weighted by atomic mass is 9.83. The highest BCUT2D eigenvalue weighted by molar-refractivity contribution is 8.04. The Morgan fingerprint density at radius 2 is 1.96 bits per heavy atom. The number of benzene rings is 1. The molecule has 2 unspecified atom stereocenters. The van der Waals surface area contributed by atoms with Gasteiger partial charge in [0.05, 0.1) is 4.87 Å². The van der Waals surface area contributed by atoms with E-state index in [1.165, 1.54) is 12.2 Å². The molecule has 1 aliphatic carbocycles. The van der Waals surface area contributed by atoms with Gasteiger partial charge in [-0.3, -0.25) is 0 Å². The van der Waals surface area contributed by atoms with Gasteiger partial charge in [-0.25, -0.2) is 0 Å². The second-order valence-electron chi connectivity index (χ2n) is 7.25. The molecule has 1 aromatic carbocycles. The van der Waals surface area contributed by atoms with Crippen LogP contribution >= 0.6 is 35.0 Å². The smallest absolute Gasteiger partial charge is 0.326 e. The molecule has 3 rings (SSSR count). The van der Waals surface area contributed by atoms with Crippen molar-refractivity contribution in [2.45, 2.75) is 49.0 Å². The van der Waals surface area contributed by atoms with Gasteiger partial charge in [-0.05, 0) is 53.2 Å². The van der Waals surface area contributed by atoms with Gasteiger partial charge >= 0.3 is 6.18 Å². The van der Waals surface area contributed by atoms with E-state index in [2.05, 4.69) is 0 Å². The van der Waals surface area contributed by atoms with Crippen LogP contribution in [0, 0.1) is 6.92 Å². The van der Waals surface area contributed by atoms with E-state index in [0.29, 0.717) is 23.6 Å². The molecular formula is C20H20Cl2F3NS. The molecule has 1 heterocycles. The molecule has 1 aliphatic heterocycles. The quantitative estimate of drug-likeness (QED) is 0.537. The lowest BCUT2D eigenvalue weighted by Gasteiger charge is -2.36. The number of aryl methyl sites for hydroxylation is 1. The lowest BCUT2D eigenvalue weighted by molar-refractivity contribution is -0.148. The van der Waals surface area contributed by atoms with Crippen molar-refractivity contribution in [2.75, 3.05) is 0 Å². The molecule has 0 fully saturated rings. The normalized spacial score (nSPS) is 28.7. The van der Waals surface area contributed by atoms with Crippen LogP contribution in [-0.2, 0) is 6.54 Å². The molecular weight excluding hydrogens is 414 g/mol. The van der Waals surface area contributed by atoms with Crippen LogP contribution in [0.25, 0.3) is 5.57 Å². The molecule has 2 N–H and O–H groups in total. The Morgan fingerprint density at radius 3 is 2.52 bits per heavy atom. The molecule has 0 saturated heterocycles. The zero-order valence-corrected chi connectivity index (χ0v) is 17.3. The summed E-state index contributed by atoms with van der Waals surface area (Å²) in [5.41, 5.74) is 9.19. The summed E-state index contributed by atoms with van der Waals surface area (Å²) < 4.78 is 40.6. The highest BCUT2D eigenvalue weighted by atomic mass is 35.5. The highest BCUT2D eigenvalue weighted by Gasteiger charge is 2.59. The van der Waals surface area contributed by atoms with Gasteiger partial charge in [-0.1, -0.05) is 35.9 Å². The van der Waals surface area contributed by atoms with Gasteiger partial charge in [-0.2, -0.15) is 13.2 Å². The van der Waals surface area contributed by atoms with Crippen LogP contribution in [0.3, 0.4) is 0 Å². The topological polar surface area (TPSA) is 26.0 Å². The van der Waals surface area contributed by atoms with Crippen molar-refractivity contribution in [3.8, 4) is 0 Å². The Kier molecular flexibility index (Phi) is 5.54. The van der Waals surface area contributed by atoms with Crippen molar-refractivity contribution in [1.29, 1.82) is 0 Å². The molecule has 0 bridgehead atoms. The number of nitrogens with two attached hydrogens (primary N) is 1. The molecule has 1 nitrogen and oxygen atoms in total. The SMILES string of the molecule is Cc1cc(C2=CSC(C3=CC(C)(Cl)CC(Cl)=C3)(C(F)(F)F)C2)ccc1CN. The van der Waals surface area contributed by atoms with Gasteiger partial charge in [0.25, 0.3) is 0 Å². The van der Waals surface area contributed by atoms with Crippen LogP contribution < -0.4 is 5.73 Å². The molecule has 2 atom stereocenters. The van der Waals surface area contributed by atoms with Crippen LogP contribution in [0.4, 0.5) is 13.2 Å². The standard InChI is InChI=1S/C20H20Cl2F3NS/c1-12-5-13(3-4-14(12)10-26)15-7-19(27-11-15,20(23,24)25)16-6-17(21)9-18(2,22)8-16/h3-6,8,11H,7,9-10,26H2,1-2H3. The first-order chi connectivity index (χ1) is 12.5. The average Bonchev–Trinajstić information content (AvgIpc) is 2.99. The van der Waals surface area contributed by atoms with Crippen molar-refractivity contribution >= 4 is 40.5 Å². The number of allylic oxidation sites excluding steroid dienone is 4. The van der Waals surface area contributed by atoms with Crippen molar-refractivity contribution in [2.24, 2.45) is 5.73 Å². The fourth-order valence-electron chi connectivity index (χ4n) is 3.52. The van der Waals surface area contributed by atoms with Crippen LogP contribution in [0.5, 0.6) is 0 Å². The Balaban J connectivity index is 2.01. The first kappa shape index (κ1) is 20.8. The van der Waals surface area contributed by atoms with Crippen LogP contribution in [-0.4, -0.2) is 15.8 Å². The average molecular weight is 434 g/mol. The molecule has 0 spiro atoms. The molecule has 7 heteroatoms. The Labute approximate surface area is 171 Å². The van der Waals surface area contributed by atoms with Crippen LogP contribution in [0.1, 0.15) is 36.5 Å². The van der Waals surface area contributed by atoms with E-state index >= 15 is 0 Å². The van der Waals surface area contributed by atoms with E-state index in [-0.39, 0.29) is 12.0 Å². The third-order valence-electron chi connectivity index (χ3n) is 4.98. The van der Waals surface area contributed by atoms with Crippen molar-refractivity contribution in [3.05, 3.63) is 63.1 Å². The van der Waals surface area contributed by atoms with E-state index in [9.17, 15) is 13.2 Å². The fraction of sp³-hybridized carbons (Fsp3) is 0.400. The Hall–Kier alpha value is -0.880. The maximum Gasteiger partial charge on any atom is 0.407 e. The minimum Gasteiger partial charge on any atom is -0.326 e. The summed E-state index contributed by atoms with van der Waals surface area (Å²) in [5.74, 6) is 0. The maximum absolute atomic E-state index is 14.2. The van der Waals surface area contributed by atoms with E-state index in [1.807, 2.05) is 25.1 Å². The number of halogens is 5. The first-order valence-corrected chi connectivity index (χ1v) is 10.1. The molecule has 0 saturated carbocycles. The third-order valence-corrected chi connectivity index (χ3v) is 6.88. The number of alkyl halides is 4. The largest absolute Gasteiger partial charge is 0.407 e. The first-order valence-electron chi connectivity index (χ1n) is 8.49. The minimum absolute atomic E-state index is 0.121. The number of rotatable bonds is 3. The minimum atomic E-state index is -4.45. The summed E-state index contributed by atoms with van der Waals surface area (Å²) in [7, 11) is 0. The Bertz CT molecular complexity index is 855. The summed E-state index contributed by atoms with van der Waals surface area (Å²) in [6.07, 6.45) is -1.38. The van der Waals surface area contributed by atoms with Crippen molar-refractivity contribution in [1.82, 2.24) is 0 Å². The predicted molar refractivity (Wildman–Crippen MR) is 109 cm³/mol. The molecule has 0 radical (unpaired) electrons. The predicted octanol–water partition coefficient (Wildman–Crippen LogP) is 6.68. The molecule has 2 aliphatic rings. The number of thioether (sulfide) groups is 1. The summed E-state index contributed by atoms with van der Waals surface area (Å²) in [4.78, 5) is -0.928.